The molecule has 2 N–H and O–H groups in total. The lowest BCUT2D eigenvalue weighted by Crippen LogP contribution is -2.55. The van der Waals surface area contributed by atoms with Crippen LogP contribution >= 0.6 is 0 Å². The average Bonchev–Trinajstić information content (AvgIpc) is 2.18. The topological polar surface area (TPSA) is 60.7 Å². The summed E-state index contributed by atoms with van der Waals surface area (Å²) < 4.78 is 0. The van der Waals surface area contributed by atoms with Crippen molar-refractivity contribution < 1.29 is 0 Å². The van der Waals surface area contributed by atoms with Gasteiger partial charge in [0.1, 0.15) is 6.04 Å². The fourth-order valence-corrected chi connectivity index (χ4v) is 1.40. The van der Waals surface area contributed by atoms with E-state index in [0.29, 0.717) is 6.04 Å². The van der Waals surface area contributed by atoms with Crippen molar-refractivity contribution in [1.82, 2.24) is 15.6 Å². The van der Waals surface area contributed by atoms with Crippen LogP contribution in [0.3, 0.4) is 0 Å². The van der Waals surface area contributed by atoms with E-state index >= 15 is 0 Å². The van der Waals surface area contributed by atoms with Gasteiger partial charge in [0.15, 0.2) is 0 Å². The summed E-state index contributed by atoms with van der Waals surface area (Å²) in [6.45, 7) is 1.89. The van der Waals surface area contributed by atoms with Crippen molar-refractivity contribution in [2.75, 3.05) is 13.1 Å². The van der Waals surface area contributed by atoms with E-state index < -0.39 is 0 Å². The molecule has 1 aliphatic heterocycles. The molecule has 0 saturated carbocycles. The normalized spacial score (nSPS) is 18.2. The Morgan fingerprint density at radius 1 is 1.64 bits per heavy atom. The molecule has 0 aliphatic carbocycles. The lowest BCUT2D eigenvalue weighted by Gasteiger charge is -2.30. The predicted octanol–water partition coefficient (Wildman–Crippen LogP) is 0.208. The van der Waals surface area contributed by atoms with Crippen molar-refractivity contribution in [1.29, 1.82) is 5.26 Å². The van der Waals surface area contributed by atoms with Crippen molar-refractivity contribution in [3.8, 4) is 6.07 Å². The van der Waals surface area contributed by atoms with E-state index in [1.54, 1.807) is 12.4 Å². The van der Waals surface area contributed by atoms with E-state index in [-0.39, 0.29) is 6.04 Å². The highest BCUT2D eigenvalue weighted by atomic mass is 15.1. The van der Waals surface area contributed by atoms with Gasteiger partial charge in [-0.1, -0.05) is 6.07 Å². The zero-order valence-corrected chi connectivity index (χ0v) is 7.77. The minimum Gasteiger partial charge on any atom is -0.314 e. The lowest BCUT2D eigenvalue weighted by molar-refractivity contribution is 0.351. The zero-order chi connectivity index (χ0) is 9.80. The molecule has 72 valence electrons. The monoisotopic (exact) mass is 188 g/mol. The van der Waals surface area contributed by atoms with Gasteiger partial charge < -0.3 is 5.32 Å². The molecule has 0 unspecified atom stereocenters. The minimum absolute atomic E-state index is 0.240. The third kappa shape index (κ3) is 1.90. The molecule has 0 amide bonds. The highest BCUT2D eigenvalue weighted by molar-refractivity contribution is 5.20. The number of pyridine rings is 1. The Morgan fingerprint density at radius 2 is 2.50 bits per heavy atom. The first-order valence-electron chi connectivity index (χ1n) is 4.66. The molecule has 1 saturated heterocycles. The SMILES string of the molecule is N#C[C@H](NC1CNC1)c1cccnc1. The first kappa shape index (κ1) is 9.13. The van der Waals surface area contributed by atoms with E-state index in [2.05, 4.69) is 21.7 Å². The van der Waals surface area contributed by atoms with Crippen LogP contribution in [0.5, 0.6) is 0 Å². The Bertz CT molecular complexity index is 326. The maximum atomic E-state index is 8.99. The molecule has 1 aromatic heterocycles. The second-order valence-electron chi connectivity index (χ2n) is 3.37. The van der Waals surface area contributed by atoms with E-state index in [9.17, 15) is 0 Å². The molecular formula is C10H12N4. The van der Waals surface area contributed by atoms with Gasteiger partial charge >= 0.3 is 0 Å². The molecule has 4 heteroatoms. The molecule has 0 aromatic carbocycles. The minimum atomic E-state index is -0.240. The first-order valence-corrected chi connectivity index (χ1v) is 4.66. The quantitative estimate of drug-likeness (QED) is 0.711. The van der Waals surface area contributed by atoms with Gasteiger partial charge in [0, 0.05) is 37.1 Å². The molecule has 0 bridgehead atoms. The summed E-state index contributed by atoms with van der Waals surface area (Å²) in [7, 11) is 0. The molecule has 2 heterocycles. The highest BCUT2D eigenvalue weighted by Crippen LogP contribution is 2.11. The zero-order valence-electron chi connectivity index (χ0n) is 7.77. The Morgan fingerprint density at radius 3 is 3.00 bits per heavy atom. The molecule has 1 aromatic rings. The summed E-state index contributed by atoms with van der Waals surface area (Å²) >= 11 is 0. The summed E-state index contributed by atoms with van der Waals surface area (Å²) in [5, 5.41) is 15.4. The van der Waals surface area contributed by atoms with Gasteiger partial charge in [-0.15, -0.1) is 0 Å². The standard InChI is InChI=1S/C10H12N4/c11-4-10(14-9-6-13-7-9)8-2-1-3-12-5-8/h1-3,5,9-10,13-14H,6-7H2/t10-/m0/s1. The van der Waals surface area contributed by atoms with Crippen molar-refractivity contribution in [2.24, 2.45) is 0 Å². The molecule has 0 radical (unpaired) electrons. The van der Waals surface area contributed by atoms with Gasteiger partial charge in [-0.05, 0) is 6.07 Å². The Balaban J connectivity index is 2.02. The van der Waals surface area contributed by atoms with Gasteiger partial charge in [-0.2, -0.15) is 5.26 Å². The predicted molar refractivity (Wildman–Crippen MR) is 52.4 cm³/mol. The van der Waals surface area contributed by atoms with Gasteiger partial charge in [-0.25, -0.2) is 0 Å². The largest absolute Gasteiger partial charge is 0.314 e. The van der Waals surface area contributed by atoms with Crippen LogP contribution in [-0.4, -0.2) is 24.1 Å². The maximum Gasteiger partial charge on any atom is 0.123 e. The van der Waals surface area contributed by atoms with Gasteiger partial charge in [-0.3, -0.25) is 10.3 Å². The number of nitrogens with one attached hydrogen (secondary N) is 2. The second kappa shape index (κ2) is 4.18. The number of aromatic nitrogens is 1. The van der Waals surface area contributed by atoms with Crippen LogP contribution in [0.4, 0.5) is 0 Å². The van der Waals surface area contributed by atoms with Gasteiger partial charge in [0.25, 0.3) is 0 Å². The van der Waals surface area contributed by atoms with E-state index in [1.165, 1.54) is 0 Å². The molecule has 1 aliphatic rings. The van der Waals surface area contributed by atoms with E-state index in [1.807, 2.05) is 12.1 Å². The third-order valence-electron chi connectivity index (χ3n) is 2.33. The fraction of sp³-hybridized carbons (Fsp3) is 0.400. The van der Waals surface area contributed by atoms with Crippen molar-refractivity contribution in [3.63, 3.8) is 0 Å². The summed E-state index contributed by atoms with van der Waals surface area (Å²) in [5.74, 6) is 0. The number of rotatable bonds is 3. The number of hydrogen-bond acceptors (Lipinski definition) is 4. The number of hydrogen-bond donors (Lipinski definition) is 2. The molecular weight excluding hydrogens is 176 g/mol. The average molecular weight is 188 g/mol. The third-order valence-corrected chi connectivity index (χ3v) is 2.33. The summed E-state index contributed by atoms with van der Waals surface area (Å²) in [5.41, 5.74) is 0.932. The molecule has 14 heavy (non-hydrogen) atoms. The Labute approximate surface area is 83.0 Å². The summed E-state index contributed by atoms with van der Waals surface area (Å²) in [4.78, 5) is 4.00. The second-order valence-corrected chi connectivity index (χ2v) is 3.37. The molecule has 1 atom stereocenters. The molecule has 2 rings (SSSR count). The first-order chi connectivity index (χ1) is 6.90. The van der Waals surface area contributed by atoms with Crippen LogP contribution in [-0.2, 0) is 0 Å². The lowest BCUT2D eigenvalue weighted by atomic mass is 10.1. The Hall–Kier alpha value is -1.44. The van der Waals surface area contributed by atoms with Crippen LogP contribution in [0, 0.1) is 11.3 Å². The van der Waals surface area contributed by atoms with Gasteiger partial charge in [0.2, 0.25) is 0 Å². The molecule has 4 nitrogen and oxygen atoms in total. The summed E-state index contributed by atoms with van der Waals surface area (Å²) in [6, 6.07) is 6.18. The van der Waals surface area contributed by atoms with Crippen LogP contribution in [0.25, 0.3) is 0 Å². The van der Waals surface area contributed by atoms with Crippen molar-refractivity contribution in [2.45, 2.75) is 12.1 Å². The van der Waals surface area contributed by atoms with Crippen LogP contribution in [0.1, 0.15) is 11.6 Å². The Kier molecular flexibility index (Phi) is 2.73. The van der Waals surface area contributed by atoms with E-state index in [4.69, 9.17) is 5.26 Å². The van der Waals surface area contributed by atoms with Crippen molar-refractivity contribution in [3.05, 3.63) is 30.1 Å². The molecule has 1 fully saturated rings. The molecule has 0 spiro atoms. The highest BCUT2D eigenvalue weighted by Gasteiger charge is 2.21. The fourth-order valence-electron chi connectivity index (χ4n) is 1.40. The maximum absolute atomic E-state index is 8.99. The number of nitriles is 1. The van der Waals surface area contributed by atoms with Crippen LogP contribution in [0.2, 0.25) is 0 Å². The van der Waals surface area contributed by atoms with E-state index in [0.717, 1.165) is 18.7 Å². The van der Waals surface area contributed by atoms with Crippen LogP contribution < -0.4 is 10.6 Å². The smallest absolute Gasteiger partial charge is 0.123 e. The van der Waals surface area contributed by atoms with Gasteiger partial charge in [0.05, 0.1) is 6.07 Å². The number of nitrogens with zero attached hydrogens (tertiary/aromatic N) is 2. The van der Waals surface area contributed by atoms with Crippen molar-refractivity contribution >= 4 is 0 Å². The van der Waals surface area contributed by atoms with Crippen LogP contribution in [0.15, 0.2) is 24.5 Å². The summed E-state index contributed by atoms with van der Waals surface area (Å²) in [6.07, 6.45) is 3.44.